The van der Waals surface area contributed by atoms with Crippen LogP contribution in [0.25, 0.3) is 0 Å². The molecule has 21 heavy (non-hydrogen) atoms. The largest absolute Gasteiger partial charge is 0.454 e. The molecule has 0 saturated carbocycles. The van der Waals surface area contributed by atoms with E-state index >= 15 is 0 Å². The van der Waals surface area contributed by atoms with E-state index in [9.17, 15) is 8.42 Å². The summed E-state index contributed by atoms with van der Waals surface area (Å²) < 4.78 is 37.4. The Hall–Kier alpha value is -1.02. The lowest BCUT2D eigenvalue weighted by Gasteiger charge is -2.30. The third kappa shape index (κ3) is 2.96. The number of halogens is 1. The van der Waals surface area contributed by atoms with Crippen molar-refractivity contribution in [3.8, 4) is 11.5 Å². The number of sulfonamides is 1. The summed E-state index contributed by atoms with van der Waals surface area (Å²) in [5, 5.41) is 0. The van der Waals surface area contributed by atoms with Crippen LogP contribution in [0.2, 0.25) is 0 Å². The molecule has 6 nitrogen and oxygen atoms in total. The molecule has 8 heteroatoms. The van der Waals surface area contributed by atoms with Gasteiger partial charge < -0.3 is 15.2 Å². The van der Waals surface area contributed by atoms with E-state index in [0.29, 0.717) is 30.2 Å². The van der Waals surface area contributed by atoms with Crippen molar-refractivity contribution in [2.45, 2.75) is 30.7 Å². The highest BCUT2D eigenvalue weighted by Gasteiger charge is 2.31. The standard InChI is InChI=1S/C13H18N2O4S.ClH/c1-9-5-11-12(19-8-18-11)6-13(9)20(16,17)15-4-2-3-10(14)7-15;/h5-6,10H,2-4,7-8,14H2,1H3;1H. The van der Waals surface area contributed by atoms with Gasteiger partial charge >= 0.3 is 0 Å². The van der Waals surface area contributed by atoms with Crippen molar-refractivity contribution in [2.24, 2.45) is 5.73 Å². The molecule has 0 bridgehead atoms. The number of benzene rings is 1. The van der Waals surface area contributed by atoms with Crippen LogP contribution in [-0.2, 0) is 10.0 Å². The highest BCUT2D eigenvalue weighted by molar-refractivity contribution is 7.89. The van der Waals surface area contributed by atoms with Crippen LogP contribution in [0.5, 0.6) is 11.5 Å². The minimum absolute atomic E-state index is 0. The molecule has 1 fully saturated rings. The number of nitrogens with zero attached hydrogens (tertiary/aromatic N) is 1. The van der Waals surface area contributed by atoms with Crippen LogP contribution in [0, 0.1) is 6.92 Å². The highest BCUT2D eigenvalue weighted by atomic mass is 35.5. The number of aryl methyl sites for hydroxylation is 1. The molecule has 2 N–H and O–H groups in total. The van der Waals surface area contributed by atoms with E-state index in [4.69, 9.17) is 15.2 Å². The van der Waals surface area contributed by atoms with Crippen molar-refractivity contribution in [3.63, 3.8) is 0 Å². The summed E-state index contributed by atoms with van der Waals surface area (Å²) in [7, 11) is -3.53. The van der Waals surface area contributed by atoms with E-state index in [1.165, 1.54) is 4.31 Å². The van der Waals surface area contributed by atoms with Crippen LogP contribution in [0.4, 0.5) is 0 Å². The maximum atomic E-state index is 12.7. The van der Waals surface area contributed by atoms with Gasteiger partial charge in [0.05, 0.1) is 4.90 Å². The van der Waals surface area contributed by atoms with Gasteiger partial charge in [0.1, 0.15) is 0 Å². The molecule has 118 valence electrons. The first-order valence-corrected chi connectivity index (χ1v) is 8.08. The molecule has 0 amide bonds. The third-order valence-corrected chi connectivity index (χ3v) is 5.72. The summed E-state index contributed by atoms with van der Waals surface area (Å²) >= 11 is 0. The monoisotopic (exact) mass is 334 g/mol. The van der Waals surface area contributed by atoms with Crippen molar-refractivity contribution in [2.75, 3.05) is 19.9 Å². The van der Waals surface area contributed by atoms with Crippen molar-refractivity contribution in [3.05, 3.63) is 17.7 Å². The van der Waals surface area contributed by atoms with E-state index in [2.05, 4.69) is 0 Å². The third-order valence-electron chi connectivity index (χ3n) is 3.71. The lowest BCUT2D eigenvalue weighted by Crippen LogP contribution is -2.45. The predicted octanol–water partition coefficient (Wildman–Crippen LogP) is 1.26. The Kier molecular flexibility index (Phi) is 4.67. The average molecular weight is 335 g/mol. The molecule has 2 heterocycles. The van der Waals surface area contributed by atoms with Crippen LogP contribution in [0.15, 0.2) is 17.0 Å². The summed E-state index contributed by atoms with van der Waals surface area (Å²) in [5.41, 5.74) is 6.54. The van der Waals surface area contributed by atoms with E-state index in [1.54, 1.807) is 19.1 Å². The first-order chi connectivity index (χ1) is 9.48. The molecular formula is C13H19ClN2O4S. The van der Waals surface area contributed by atoms with E-state index in [1.807, 2.05) is 0 Å². The van der Waals surface area contributed by atoms with E-state index in [0.717, 1.165) is 12.8 Å². The number of fused-ring (bicyclic) bond motifs is 1. The van der Waals surface area contributed by atoms with Gasteiger partial charge in [0.15, 0.2) is 11.5 Å². The van der Waals surface area contributed by atoms with Gasteiger partial charge in [-0.15, -0.1) is 12.4 Å². The summed E-state index contributed by atoms with van der Waals surface area (Å²) in [6.45, 7) is 2.78. The van der Waals surface area contributed by atoms with Gasteiger partial charge in [-0.05, 0) is 31.4 Å². The van der Waals surface area contributed by atoms with E-state index < -0.39 is 10.0 Å². The lowest BCUT2D eigenvalue weighted by atomic mass is 10.1. The fourth-order valence-electron chi connectivity index (χ4n) is 2.63. The van der Waals surface area contributed by atoms with Gasteiger partial charge in [0.25, 0.3) is 0 Å². The van der Waals surface area contributed by atoms with Gasteiger partial charge in [-0.3, -0.25) is 0 Å². The molecular weight excluding hydrogens is 316 g/mol. The molecule has 1 unspecified atom stereocenters. The quantitative estimate of drug-likeness (QED) is 0.880. The average Bonchev–Trinajstić information content (AvgIpc) is 2.84. The van der Waals surface area contributed by atoms with Crippen LogP contribution >= 0.6 is 12.4 Å². The number of hydrogen-bond donors (Lipinski definition) is 1. The number of nitrogens with two attached hydrogens (primary N) is 1. The van der Waals surface area contributed by atoms with Crippen molar-refractivity contribution < 1.29 is 17.9 Å². The number of hydrogen-bond acceptors (Lipinski definition) is 5. The molecule has 1 atom stereocenters. The molecule has 0 aliphatic carbocycles. The Balaban J connectivity index is 0.00000161. The normalized spacial score (nSPS) is 21.9. The first-order valence-electron chi connectivity index (χ1n) is 6.64. The zero-order chi connectivity index (χ0) is 14.3. The van der Waals surface area contributed by atoms with E-state index in [-0.39, 0.29) is 30.1 Å². The maximum absolute atomic E-state index is 12.7. The van der Waals surface area contributed by atoms with Crippen molar-refractivity contribution >= 4 is 22.4 Å². The van der Waals surface area contributed by atoms with Gasteiger partial charge in [-0.25, -0.2) is 8.42 Å². The molecule has 3 rings (SSSR count). The predicted molar refractivity (Wildman–Crippen MR) is 80.5 cm³/mol. The fourth-order valence-corrected chi connectivity index (χ4v) is 4.39. The lowest BCUT2D eigenvalue weighted by molar-refractivity contribution is 0.174. The summed E-state index contributed by atoms with van der Waals surface area (Å²) in [6.07, 6.45) is 1.66. The topological polar surface area (TPSA) is 81.9 Å². The zero-order valence-electron chi connectivity index (χ0n) is 11.7. The second kappa shape index (κ2) is 6.00. The first kappa shape index (κ1) is 16.4. The maximum Gasteiger partial charge on any atom is 0.243 e. The van der Waals surface area contributed by atoms with Gasteiger partial charge in [-0.2, -0.15) is 4.31 Å². The molecule has 1 aromatic rings. The SMILES string of the molecule is Cc1cc2c(cc1S(=O)(=O)N1CCCC(N)C1)OCO2.Cl. The molecule has 1 aromatic carbocycles. The fraction of sp³-hybridized carbons (Fsp3) is 0.538. The Morgan fingerprint density at radius 1 is 1.29 bits per heavy atom. The number of rotatable bonds is 2. The number of piperidine rings is 1. The van der Waals surface area contributed by atoms with Crippen LogP contribution < -0.4 is 15.2 Å². The van der Waals surface area contributed by atoms with Crippen molar-refractivity contribution in [1.82, 2.24) is 4.31 Å². The Labute approximate surface area is 130 Å². The summed E-state index contributed by atoms with van der Waals surface area (Å²) in [6, 6.07) is 3.17. The van der Waals surface area contributed by atoms with Crippen LogP contribution in [0.1, 0.15) is 18.4 Å². The van der Waals surface area contributed by atoms with Gasteiger partial charge in [0.2, 0.25) is 16.8 Å². The second-order valence-corrected chi connectivity index (χ2v) is 7.14. The summed E-state index contributed by atoms with van der Waals surface area (Å²) in [4.78, 5) is 0.274. The number of ether oxygens (including phenoxy) is 2. The molecule has 0 radical (unpaired) electrons. The zero-order valence-corrected chi connectivity index (χ0v) is 13.4. The van der Waals surface area contributed by atoms with Gasteiger partial charge in [0, 0.05) is 25.2 Å². The van der Waals surface area contributed by atoms with Crippen molar-refractivity contribution in [1.29, 1.82) is 0 Å². The smallest absolute Gasteiger partial charge is 0.243 e. The second-order valence-electron chi connectivity index (χ2n) is 5.24. The molecule has 1 saturated heterocycles. The Bertz CT molecular complexity index is 635. The minimum Gasteiger partial charge on any atom is -0.454 e. The molecule has 2 aliphatic rings. The Morgan fingerprint density at radius 3 is 2.62 bits per heavy atom. The molecule has 0 spiro atoms. The van der Waals surface area contributed by atoms with Crippen LogP contribution in [-0.4, -0.2) is 38.6 Å². The Morgan fingerprint density at radius 2 is 1.95 bits per heavy atom. The van der Waals surface area contributed by atoms with Gasteiger partial charge in [-0.1, -0.05) is 0 Å². The van der Waals surface area contributed by atoms with Crippen LogP contribution in [0.3, 0.4) is 0 Å². The molecule has 2 aliphatic heterocycles. The summed E-state index contributed by atoms with van der Waals surface area (Å²) in [5.74, 6) is 1.08. The highest BCUT2D eigenvalue weighted by Crippen LogP contribution is 2.37. The molecule has 0 aromatic heterocycles. The minimum atomic E-state index is -3.53.